The van der Waals surface area contributed by atoms with Gasteiger partial charge in [0.1, 0.15) is 10.8 Å². The van der Waals surface area contributed by atoms with Crippen LogP contribution in [-0.2, 0) is 11.3 Å². The first-order chi connectivity index (χ1) is 13.1. The van der Waals surface area contributed by atoms with Crippen molar-refractivity contribution in [2.45, 2.75) is 33.7 Å². The first-order valence-electron chi connectivity index (χ1n) is 8.97. The van der Waals surface area contributed by atoms with Crippen LogP contribution in [0.3, 0.4) is 0 Å². The lowest BCUT2D eigenvalue weighted by Gasteiger charge is -2.21. The number of esters is 1. The molecule has 0 aliphatic carbocycles. The van der Waals surface area contributed by atoms with Gasteiger partial charge in [-0.05, 0) is 44.5 Å². The van der Waals surface area contributed by atoms with Crippen molar-refractivity contribution in [2.75, 3.05) is 25.1 Å². The topological polar surface area (TPSA) is 80.8 Å². The van der Waals surface area contributed by atoms with Crippen molar-refractivity contribution in [3.05, 3.63) is 40.3 Å². The molecule has 8 heteroatoms. The van der Waals surface area contributed by atoms with Crippen LogP contribution < -0.4 is 10.1 Å². The van der Waals surface area contributed by atoms with E-state index in [0.29, 0.717) is 37.0 Å². The third kappa shape index (κ3) is 6.25. The Morgan fingerprint density at radius 1 is 1.15 bits per heavy atom. The van der Waals surface area contributed by atoms with Gasteiger partial charge >= 0.3 is 12.0 Å². The maximum absolute atomic E-state index is 12.6. The van der Waals surface area contributed by atoms with Crippen LogP contribution in [0.5, 0.6) is 5.75 Å². The number of nitrogens with one attached hydrogen (secondary N) is 1. The zero-order valence-corrected chi connectivity index (χ0v) is 16.7. The van der Waals surface area contributed by atoms with Gasteiger partial charge in [-0.1, -0.05) is 6.92 Å². The summed E-state index contributed by atoms with van der Waals surface area (Å²) in [6.07, 6.45) is 0.812. The first-order valence-corrected chi connectivity index (χ1v) is 9.85. The van der Waals surface area contributed by atoms with Crippen molar-refractivity contribution in [3.63, 3.8) is 0 Å². The molecule has 0 spiro atoms. The van der Waals surface area contributed by atoms with E-state index < -0.39 is 5.97 Å². The molecular formula is C19H25N3O4S. The molecule has 0 fully saturated rings. The highest BCUT2D eigenvalue weighted by molar-refractivity contribution is 7.09. The Morgan fingerprint density at radius 3 is 2.52 bits per heavy atom. The van der Waals surface area contributed by atoms with Crippen molar-refractivity contribution in [3.8, 4) is 5.75 Å². The zero-order valence-electron chi connectivity index (χ0n) is 15.9. The molecule has 2 aromatic rings. The SMILES string of the molecule is CCCN(Cc1nc(C(=O)OCC)cs1)C(=O)Nc1ccc(OCC)cc1. The fourth-order valence-electron chi connectivity index (χ4n) is 2.37. The number of ether oxygens (including phenoxy) is 2. The van der Waals surface area contributed by atoms with Gasteiger partial charge in [-0.2, -0.15) is 0 Å². The summed E-state index contributed by atoms with van der Waals surface area (Å²) in [5, 5.41) is 5.23. The fourth-order valence-corrected chi connectivity index (χ4v) is 3.15. The van der Waals surface area contributed by atoms with E-state index in [9.17, 15) is 9.59 Å². The standard InChI is InChI=1S/C19H25N3O4S/c1-4-11-22(12-17-21-16(13-27-17)18(23)26-6-3)19(24)20-14-7-9-15(10-8-14)25-5-2/h7-10,13H,4-6,11-12H2,1-3H3,(H,20,24). The van der Waals surface area contributed by atoms with E-state index in [1.807, 2.05) is 26.0 Å². The number of hydrogen-bond donors (Lipinski definition) is 1. The van der Waals surface area contributed by atoms with E-state index in [2.05, 4.69) is 10.3 Å². The molecule has 0 atom stereocenters. The Balaban J connectivity index is 2.01. The molecular weight excluding hydrogens is 366 g/mol. The van der Waals surface area contributed by atoms with Crippen LogP contribution >= 0.6 is 11.3 Å². The third-order valence-electron chi connectivity index (χ3n) is 3.56. The Labute approximate surface area is 163 Å². The van der Waals surface area contributed by atoms with Gasteiger partial charge in [0.25, 0.3) is 0 Å². The van der Waals surface area contributed by atoms with Gasteiger partial charge in [-0.15, -0.1) is 11.3 Å². The smallest absolute Gasteiger partial charge is 0.357 e. The maximum atomic E-state index is 12.6. The van der Waals surface area contributed by atoms with Crippen molar-refractivity contribution in [1.29, 1.82) is 0 Å². The fraction of sp³-hybridized carbons (Fsp3) is 0.421. The van der Waals surface area contributed by atoms with E-state index in [4.69, 9.17) is 9.47 Å². The number of amides is 2. The van der Waals surface area contributed by atoms with Crippen molar-refractivity contribution in [2.24, 2.45) is 0 Å². The average Bonchev–Trinajstić information content (AvgIpc) is 3.12. The Bertz CT molecular complexity index is 746. The Hall–Kier alpha value is -2.61. The molecule has 0 radical (unpaired) electrons. The number of aromatic nitrogens is 1. The average molecular weight is 391 g/mol. The zero-order chi connectivity index (χ0) is 19.6. The molecule has 27 heavy (non-hydrogen) atoms. The van der Waals surface area contributed by atoms with E-state index >= 15 is 0 Å². The lowest BCUT2D eigenvalue weighted by molar-refractivity contribution is 0.0520. The molecule has 146 valence electrons. The number of nitrogens with zero attached hydrogens (tertiary/aromatic N) is 2. The van der Waals surface area contributed by atoms with Crippen LogP contribution in [0.1, 0.15) is 42.7 Å². The quantitative estimate of drug-likeness (QED) is 0.649. The molecule has 2 rings (SSSR count). The molecule has 1 aromatic heterocycles. The highest BCUT2D eigenvalue weighted by Crippen LogP contribution is 2.18. The monoisotopic (exact) mass is 391 g/mol. The predicted octanol–water partition coefficient (Wildman–Crippen LogP) is 4.16. The van der Waals surface area contributed by atoms with Crippen LogP contribution in [0.25, 0.3) is 0 Å². The highest BCUT2D eigenvalue weighted by Gasteiger charge is 2.17. The molecule has 0 saturated carbocycles. The summed E-state index contributed by atoms with van der Waals surface area (Å²) in [7, 11) is 0. The number of hydrogen-bond acceptors (Lipinski definition) is 6. The van der Waals surface area contributed by atoms with Crippen LogP contribution in [-0.4, -0.2) is 41.6 Å². The summed E-state index contributed by atoms with van der Waals surface area (Å²) in [6.45, 7) is 7.49. The van der Waals surface area contributed by atoms with E-state index in [-0.39, 0.29) is 11.7 Å². The van der Waals surface area contributed by atoms with Gasteiger partial charge in [0.05, 0.1) is 19.8 Å². The molecule has 7 nitrogen and oxygen atoms in total. The summed E-state index contributed by atoms with van der Waals surface area (Å²) in [4.78, 5) is 30.3. The van der Waals surface area contributed by atoms with Crippen molar-refractivity contribution in [1.82, 2.24) is 9.88 Å². The number of anilines is 1. The predicted molar refractivity (Wildman–Crippen MR) is 105 cm³/mol. The molecule has 0 aliphatic heterocycles. The second kappa shape index (κ2) is 10.5. The van der Waals surface area contributed by atoms with Gasteiger partial charge < -0.3 is 19.7 Å². The minimum atomic E-state index is -0.444. The van der Waals surface area contributed by atoms with Gasteiger partial charge in [-0.3, -0.25) is 0 Å². The molecule has 1 heterocycles. The van der Waals surface area contributed by atoms with Gasteiger partial charge in [0.15, 0.2) is 5.69 Å². The molecule has 1 aromatic carbocycles. The van der Waals surface area contributed by atoms with Gasteiger partial charge in [0, 0.05) is 17.6 Å². The van der Waals surface area contributed by atoms with Crippen molar-refractivity contribution < 1.29 is 19.1 Å². The van der Waals surface area contributed by atoms with E-state index in [0.717, 1.165) is 12.2 Å². The van der Waals surface area contributed by atoms with E-state index in [1.165, 1.54) is 11.3 Å². The van der Waals surface area contributed by atoms with Gasteiger partial charge in [0.2, 0.25) is 0 Å². The van der Waals surface area contributed by atoms with Crippen LogP contribution in [0.15, 0.2) is 29.6 Å². The minimum Gasteiger partial charge on any atom is -0.494 e. The second-order valence-corrected chi connectivity index (χ2v) is 6.60. The lowest BCUT2D eigenvalue weighted by Crippen LogP contribution is -2.35. The number of thiazole rings is 1. The Kier molecular flexibility index (Phi) is 8.06. The first kappa shape index (κ1) is 20.7. The second-order valence-electron chi connectivity index (χ2n) is 5.66. The summed E-state index contributed by atoms with van der Waals surface area (Å²) in [6, 6.07) is 7.02. The minimum absolute atomic E-state index is 0.214. The summed E-state index contributed by atoms with van der Waals surface area (Å²) in [5.41, 5.74) is 0.969. The number of carbonyl (C=O) groups excluding carboxylic acids is 2. The molecule has 0 unspecified atom stereocenters. The summed E-state index contributed by atoms with van der Waals surface area (Å²) in [5.74, 6) is 0.316. The summed E-state index contributed by atoms with van der Waals surface area (Å²) < 4.78 is 10.4. The third-order valence-corrected chi connectivity index (χ3v) is 4.39. The summed E-state index contributed by atoms with van der Waals surface area (Å²) >= 11 is 1.34. The molecule has 0 bridgehead atoms. The molecule has 1 N–H and O–H groups in total. The number of carbonyl (C=O) groups is 2. The lowest BCUT2D eigenvalue weighted by atomic mass is 10.3. The molecule has 2 amide bonds. The van der Waals surface area contributed by atoms with Crippen LogP contribution in [0.2, 0.25) is 0 Å². The normalized spacial score (nSPS) is 10.3. The largest absolute Gasteiger partial charge is 0.494 e. The maximum Gasteiger partial charge on any atom is 0.357 e. The van der Waals surface area contributed by atoms with E-state index in [1.54, 1.807) is 29.3 Å². The number of rotatable bonds is 9. The van der Waals surface area contributed by atoms with Crippen LogP contribution in [0, 0.1) is 0 Å². The number of urea groups is 1. The van der Waals surface area contributed by atoms with Crippen LogP contribution in [0.4, 0.5) is 10.5 Å². The highest BCUT2D eigenvalue weighted by atomic mass is 32.1. The molecule has 0 aliphatic rings. The number of benzene rings is 1. The molecule has 0 saturated heterocycles. The van der Waals surface area contributed by atoms with Gasteiger partial charge in [-0.25, -0.2) is 14.6 Å². The Morgan fingerprint density at radius 2 is 1.89 bits per heavy atom. The van der Waals surface area contributed by atoms with Crippen molar-refractivity contribution >= 4 is 29.0 Å².